The molecule has 2 atom stereocenters. The van der Waals surface area contributed by atoms with Crippen LogP contribution in [-0.4, -0.2) is 55.5 Å². The van der Waals surface area contributed by atoms with Crippen LogP contribution in [0.4, 0.5) is 0 Å². The van der Waals surface area contributed by atoms with Crippen molar-refractivity contribution in [3.8, 4) is 0 Å². The molecule has 0 rings (SSSR count). The van der Waals surface area contributed by atoms with Crippen LogP contribution in [0.5, 0.6) is 0 Å². The van der Waals surface area contributed by atoms with Gasteiger partial charge >= 0.3 is 11.9 Å². The summed E-state index contributed by atoms with van der Waals surface area (Å²) in [6, 6.07) is -1.04. The van der Waals surface area contributed by atoms with Gasteiger partial charge in [-0.1, -0.05) is 34.6 Å². The van der Waals surface area contributed by atoms with E-state index in [2.05, 4.69) is 24.5 Å². The van der Waals surface area contributed by atoms with Gasteiger partial charge in [0, 0.05) is 19.3 Å². The van der Waals surface area contributed by atoms with Crippen molar-refractivity contribution in [2.75, 3.05) is 19.8 Å². The average molecular weight is 457 g/mol. The van der Waals surface area contributed by atoms with Gasteiger partial charge < -0.3 is 24.9 Å². The van der Waals surface area contributed by atoms with Crippen LogP contribution < -0.4 is 10.6 Å². The lowest BCUT2D eigenvalue weighted by molar-refractivity contribution is -0.150. The fraction of sp³-hybridized carbons (Fsp3) is 0.833. The molecular weight excluding hydrogens is 412 g/mol. The molecule has 0 aliphatic rings. The fourth-order valence-corrected chi connectivity index (χ4v) is 3.20. The molecule has 0 aliphatic carbocycles. The molecule has 0 aromatic heterocycles. The first-order chi connectivity index (χ1) is 15.1. The third-order valence-electron chi connectivity index (χ3n) is 4.73. The highest BCUT2D eigenvalue weighted by Crippen LogP contribution is 2.09. The van der Waals surface area contributed by atoms with Gasteiger partial charge in [0.25, 0.3) is 0 Å². The molecule has 2 N–H and O–H groups in total. The van der Waals surface area contributed by atoms with Gasteiger partial charge in [0.05, 0.1) is 13.2 Å². The lowest BCUT2D eigenvalue weighted by Gasteiger charge is -2.20. The predicted octanol–water partition coefficient (Wildman–Crippen LogP) is 3.17. The summed E-state index contributed by atoms with van der Waals surface area (Å²) in [7, 11) is 0. The van der Waals surface area contributed by atoms with Gasteiger partial charge in [0.2, 0.25) is 5.91 Å². The Morgan fingerprint density at radius 3 is 1.75 bits per heavy atom. The highest BCUT2D eigenvalue weighted by atomic mass is 16.5. The second-order valence-corrected chi connectivity index (χ2v) is 9.09. The molecule has 32 heavy (non-hydrogen) atoms. The Labute approximate surface area is 193 Å². The molecule has 0 heterocycles. The number of ether oxygens (including phenoxy) is 2. The van der Waals surface area contributed by atoms with E-state index >= 15 is 0 Å². The number of likely N-dealkylation sites (N-methyl/N-ethyl adjacent to an activating group) is 1. The minimum Gasteiger partial charge on any atom is -0.464 e. The standard InChI is InChI=1S/C24H44N2O6/c1-7-25-20(15-17(2)3)23(29)31-13-10-14-32-24(30)21(16-18(4)5)26-22(28)12-9-8-11-19(6)27/h17-18,20-21,25H,7-16H2,1-6H3,(H,26,28). The highest BCUT2D eigenvalue weighted by molar-refractivity contribution is 5.84. The van der Waals surface area contributed by atoms with Crippen LogP contribution in [0.25, 0.3) is 0 Å². The maximum absolute atomic E-state index is 12.4. The molecule has 0 radical (unpaired) electrons. The molecule has 8 nitrogen and oxygen atoms in total. The summed E-state index contributed by atoms with van der Waals surface area (Å²) in [5.74, 6) is -0.307. The third-order valence-corrected chi connectivity index (χ3v) is 4.73. The van der Waals surface area contributed by atoms with Crippen LogP contribution in [0.1, 0.15) is 86.5 Å². The number of Topliss-reactive ketones (excluding diaryl/α,β-unsaturated/α-hetero) is 1. The predicted molar refractivity (Wildman–Crippen MR) is 124 cm³/mol. The van der Waals surface area contributed by atoms with Gasteiger partial charge in [-0.3, -0.25) is 9.59 Å². The fourth-order valence-electron chi connectivity index (χ4n) is 3.20. The van der Waals surface area contributed by atoms with Gasteiger partial charge in [-0.2, -0.15) is 0 Å². The van der Waals surface area contributed by atoms with E-state index in [0.717, 1.165) is 0 Å². The number of ketones is 1. The van der Waals surface area contributed by atoms with E-state index in [0.29, 0.717) is 51.0 Å². The van der Waals surface area contributed by atoms with Gasteiger partial charge in [-0.15, -0.1) is 0 Å². The Hall–Kier alpha value is -1.96. The number of amides is 1. The lowest BCUT2D eigenvalue weighted by atomic mass is 10.0. The second-order valence-electron chi connectivity index (χ2n) is 9.09. The molecule has 1 amide bonds. The van der Waals surface area contributed by atoms with Crippen molar-refractivity contribution in [2.45, 2.75) is 98.6 Å². The zero-order chi connectivity index (χ0) is 24.5. The number of hydrogen-bond donors (Lipinski definition) is 2. The van der Waals surface area contributed by atoms with Crippen molar-refractivity contribution >= 4 is 23.6 Å². The number of rotatable bonds is 18. The van der Waals surface area contributed by atoms with Crippen LogP contribution in [0.3, 0.4) is 0 Å². The lowest BCUT2D eigenvalue weighted by Crippen LogP contribution is -2.42. The van der Waals surface area contributed by atoms with E-state index in [9.17, 15) is 19.2 Å². The molecule has 0 saturated carbocycles. The Morgan fingerprint density at radius 2 is 1.25 bits per heavy atom. The number of esters is 2. The van der Waals surface area contributed by atoms with Gasteiger partial charge in [0.15, 0.2) is 0 Å². The van der Waals surface area contributed by atoms with Crippen molar-refractivity contribution in [3.05, 3.63) is 0 Å². The Bertz CT molecular complexity index is 577. The summed E-state index contributed by atoms with van der Waals surface area (Å²) in [4.78, 5) is 47.8. The molecule has 2 unspecified atom stereocenters. The number of hydrogen-bond acceptors (Lipinski definition) is 7. The van der Waals surface area contributed by atoms with E-state index < -0.39 is 12.0 Å². The van der Waals surface area contributed by atoms with E-state index in [1.807, 2.05) is 20.8 Å². The molecule has 0 bridgehead atoms. The van der Waals surface area contributed by atoms with Crippen molar-refractivity contribution < 1.29 is 28.7 Å². The zero-order valence-corrected chi connectivity index (χ0v) is 20.8. The summed E-state index contributed by atoms with van der Waals surface area (Å²) >= 11 is 0. The molecule has 0 aromatic carbocycles. The maximum Gasteiger partial charge on any atom is 0.328 e. The summed E-state index contributed by atoms with van der Waals surface area (Å²) in [5, 5.41) is 5.88. The number of carbonyl (C=O) groups excluding carboxylic acids is 4. The van der Waals surface area contributed by atoms with Crippen molar-refractivity contribution in [1.29, 1.82) is 0 Å². The van der Waals surface area contributed by atoms with Gasteiger partial charge in [-0.05, 0) is 51.0 Å². The number of carbonyl (C=O) groups is 4. The van der Waals surface area contributed by atoms with Crippen LogP contribution in [0.2, 0.25) is 0 Å². The summed E-state index contributed by atoms with van der Waals surface area (Å²) in [6.07, 6.45) is 3.57. The number of unbranched alkanes of at least 4 members (excludes halogenated alkanes) is 1. The quantitative estimate of drug-likeness (QED) is 0.241. The first-order valence-electron chi connectivity index (χ1n) is 11.9. The van der Waals surface area contributed by atoms with Crippen LogP contribution in [0.15, 0.2) is 0 Å². The molecule has 0 saturated heterocycles. The minimum absolute atomic E-state index is 0.106. The van der Waals surface area contributed by atoms with Gasteiger partial charge in [0.1, 0.15) is 17.9 Å². The molecule has 0 fully saturated rings. The van der Waals surface area contributed by atoms with Crippen molar-refractivity contribution in [1.82, 2.24) is 10.6 Å². The monoisotopic (exact) mass is 456 g/mol. The molecule has 186 valence electrons. The summed E-state index contributed by atoms with van der Waals surface area (Å²) in [5.41, 5.74) is 0. The third kappa shape index (κ3) is 15.8. The molecule has 0 spiro atoms. The first-order valence-corrected chi connectivity index (χ1v) is 11.9. The topological polar surface area (TPSA) is 111 Å². The van der Waals surface area contributed by atoms with E-state index in [1.54, 1.807) is 0 Å². The van der Waals surface area contributed by atoms with Gasteiger partial charge in [-0.25, -0.2) is 4.79 Å². The van der Waals surface area contributed by atoms with Crippen LogP contribution in [0, 0.1) is 11.8 Å². The number of nitrogens with one attached hydrogen (secondary N) is 2. The molecule has 0 aliphatic heterocycles. The second kappa shape index (κ2) is 17.6. The van der Waals surface area contributed by atoms with Crippen LogP contribution in [-0.2, 0) is 28.7 Å². The largest absolute Gasteiger partial charge is 0.464 e. The molecular formula is C24H44N2O6. The van der Waals surface area contributed by atoms with Crippen molar-refractivity contribution in [3.63, 3.8) is 0 Å². The zero-order valence-electron chi connectivity index (χ0n) is 20.8. The first kappa shape index (κ1) is 30.0. The SMILES string of the molecule is CCNC(CC(C)C)C(=O)OCCCOC(=O)C(CC(C)C)NC(=O)CCCCC(C)=O. The minimum atomic E-state index is -0.706. The van der Waals surface area contributed by atoms with Crippen molar-refractivity contribution in [2.24, 2.45) is 11.8 Å². The maximum atomic E-state index is 12.4. The molecule has 0 aromatic rings. The van der Waals surface area contributed by atoms with E-state index in [1.165, 1.54) is 6.92 Å². The average Bonchev–Trinajstić information content (AvgIpc) is 2.69. The smallest absolute Gasteiger partial charge is 0.328 e. The Balaban J connectivity index is 4.37. The summed E-state index contributed by atoms with van der Waals surface area (Å²) in [6.45, 7) is 12.5. The highest BCUT2D eigenvalue weighted by Gasteiger charge is 2.23. The van der Waals surface area contributed by atoms with Crippen LogP contribution >= 0.6 is 0 Å². The van der Waals surface area contributed by atoms with E-state index in [-0.39, 0.29) is 49.3 Å². The normalized spacial score (nSPS) is 13.0. The van der Waals surface area contributed by atoms with E-state index in [4.69, 9.17) is 9.47 Å². The Morgan fingerprint density at radius 1 is 0.750 bits per heavy atom. The molecule has 8 heteroatoms. The summed E-state index contributed by atoms with van der Waals surface area (Å²) < 4.78 is 10.6. The Kier molecular flexibility index (Phi) is 16.5.